The van der Waals surface area contributed by atoms with Gasteiger partial charge in [0.25, 0.3) is 5.91 Å². The van der Waals surface area contributed by atoms with E-state index in [-0.39, 0.29) is 11.6 Å². The van der Waals surface area contributed by atoms with Gasteiger partial charge in [-0.1, -0.05) is 28.6 Å². The first-order chi connectivity index (χ1) is 11.0. The Bertz CT molecular complexity index is 685. The fourth-order valence-electron chi connectivity index (χ4n) is 2.10. The molecule has 3 amide bonds. The number of carbonyl (C=O) groups is 2. The molecule has 1 heterocycles. The summed E-state index contributed by atoms with van der Waals surface area (Å²) in [5.74, 6) is 0.722. The van der Waals surface area contributed by atoms with Gasteiger partial charge in [-0.05, 0) is 30.7 Å². The number of imide groups is 1. The van der Waals surface area contributed by atoms with Gasteiger partial charge in [-0.15, -0.1) is 0 Å². The zero-order valence-electron chi connectivity index (χ0n) is 12.9. The van der Waals surface area contributed by atoms with Crippen LogP contribution in [0.4, 0.5) is 4.79 Å². The van der Waals surface area contributed by atoms with Crippen molar-refractivity contribution in [3.8, 4) is 11.5 Å². The number of hydrogen-bond donors (Lipinski definition) is 1. The number of urea groups is 1. The Morgan fingerprint density at radius 3 is 2.65 bits per heavy atom. The molecular formula is C16H17BrN2O4. The summed E-state index contributed by atoms with van der Waals surface area (Å²) < 4.78 is 11.5. The maximum Gasteiger partial charge on any atom is 0.328 e. The van der Waals surface area contributed by atoms with E-state index in [9.17, 15) is 9.59 Å². The molecule has 1 fully saturated rings. The van der Waals surface area contributed by atoms with E-state index in [2.05, 4.69) is 27.8 Å². The molecule has 1 aliphatic heterocycles. The average Bonchev–Trinajstić information content (AvgIpc) is 2.80. The maximum atomic E-state index is 12.1. The Hall–Kier alpha value is -2.28. The van der Waals surface area contributed by atoms with Crippen molar-refractivity contribution in [2.45, 2.75) is 6.92 Å². The molecule has 23 heavy (non-hydrogen) atoms. The van der Waals surface area contributed by atoms with Gasteiger partial charge >= 0.3 is 6.03 Å². The van der Waals surface area contributed by atoms with Crippen LogP contribution in [0, 0.1) is 0 Å². The number of nitrogens with zero attached hydrogens (tertiary/aromatic N) is 1. The molecule has 0 unspecified atom stereocenters. The van der Waals surface area contributed by atoms with Gasteiger partial charge in [-0.25, -0.2) is 4.79 Å². The Labute approximate surface area is 142 Å². The third-order valence-electron chi connectivity index (χ3n) is 3.22. The fraction of sp³-hybridized carbons (Fsp3) is 0.250. The largest absolute Gasteiger partial charge is 0.493 e. The molecule has 0 spiro atoms. The topological polar surface area (TPSA) is 67.9 Å². The Morgan fingerprint density at radius 1 is 1.35 bits per heavy atom. The summed E-state index contributed by atoms with van der Waals surface area (Å²) in [6.07, 6.45) is 3.23. The number of rotatable bonds is 6. The lowest BCUT2D eigenvalue weighted by Gasteiger charge is -2.12. The van der Waals surface area contributed by atoms with Gasteiger partial charge in [0, 0.05) is 11.0 Å². The Kier molecular flexibility index (Phi) is 5.44. The minimum Gasteiger partial charge on any atom is -0.493 e. The van der Waals surface area contributed by atoms with Crippen LogP contribution in [0.2, 0.25) is 0 Å². The van der Waals surface area contributed by atoms with Crippen LogP contribution in [0.25, 0.3) is 6.08 Å². The molecule has 1 saturated heterocycles. The van der Waals surface area contributed by atoms with E-state index < -0.39 is 6.03 Å². The fourth-order valence-corrected chi connectivity index (χ4v) is 2.53. The highest BCUT2D eigenvalue weighted by molar-refractivity contribution is 9.10. The van der Waals surface area contributed by atoms with E-state index in [1.807, 2.05) is 0 Å². The molecule has 1 aliphatic rings. The smallest absolute Gasteiger partial charge is 0.328 e. The molecule has 0 bridgehead atoms. The van der Waals surface area contributed by atoms with Crippen molar-refractivity contribution in [3.05, 3.63) is 40.5 Å². The van der Waals surface area contributed by atoms with Gasteiger partial charge < -0.3 is 14.8 Å². The molecule has 0 saturated carbocycles. The number of amides is 3. The van der Waals surface area contributed by atoms with Gasteiger partial charge in [0.15, 0.2) is 11.5 Å². The number of nitrogens with one attached hydrogen (secondary N) is 1. The summed E-state index contributed by atoms with van der Waals surface area (Å²) in [4.78, 5) is 24.9. The molecule has 0 aromatic heterocycles. The van der Waals surface area contributed by atoms with Crippen LogP contribution in [0.1, 0.15) is 12.5 Å². The number of likely N-dealkylation sites (N-methyl/N-ethyl adjacent to an activating group) is 1. The molecule has 0 atom stereocenters. The average molecular weight is 381 g/mol. The standard InChI is InChI=1S/C16H17BrN2O4/c1-4-6-23-14-9-11(17)10(8-13(14)22-3)7-12-15(20)19(5-2)16(21)18-12/h4,7-9H,1,5-6H2,2-3H3,(H,18,21)/b12-7+. The van der Waals surface area contributed by atoms with Crippen LogP contribution in [-0.4, -0.2) is 37.1 Å². The summed E-state index contributed by atoms with van der Waals surface area (Å²) >= 11 is 3.43. The lowest BCUT2D eigenvalue weighted by Crippen LogP contribution is -2.30. The molecule has 122 valence electrons. The second kappa shape index (κ2) is 7.32. The van der Waals surface area contributed by atoms with Crippen LogP contribution in [-0.2, 0) is 4.79 Å². The molecule has 0 radical (unpaired) electrons. The third kappa shape index (κ3) is 3.56. The van der Waals surface area contributed by atoms with Crippen molar-refractivity contribution in [3.63, 3.8) is 0 Å². The lowest BCUT2D eigenvalue weighted by atomic mass is 10.1. The van der Waals surface area contributed by atoms with Gasteiger partial charge in [0.05, 0.1) is 7.11 Å². The summed E-state index contributed by atoms with van der Waals surface area (Å²) in [5.41, 5.74) is 0.911. The van der Waals surface area contributed by atoms with Gasteiger partial charge in [-0.3, -0.25) is 9.69 Å². The first-order valence-corrected chi connectivity index (χ1v) is 7.76. The van der Waals surface area contributed by atoms with E-state index in [0.717, 1.165) is 4.90 Å². The van der Waals surface area contributed by atoms with Crippen LogP contribution in [0.5, 0.6) is 11.5 Å². The normalized spacial score (nSPS) is 15.8. The SMILES string of the molecule is C=CCOc1cc(Br)c(/C=C2/NC(=O)N(CC)C2=O)cc1OC. The highest BCUT2D eigenvalue weighted by atomic mass is 79.9. The van der Waals surface area contributed by atoms with Crippen LogP contribution in [0.3, 0.4) is 0 Å². The quantitative estimate of drug-likeness (QED) is 0.468. The minimum absolute atomic E-state index is 0.222. The Morgan fingerprint density at radius 2 is 2.09 bits per heavy atom. The van der Waals surface area contributed by atoms with Gasteiger partial charge in [0.2, 0.25) is 0 Å². The number of halogens is 1. The van der Waals surface area contributed by atoms with Crippen molar-refractivity contribution in [2.75, 3.05) is 20.3 Å². The molecule has 1 aromatic carbocycles. The number of ether oxygens (including phenoxy) is 2. The predicted molar refractivity (Wildman–Crippen MR) is 90.3 cm³/mol. The van der Waals surface area contributed by atoms with Crippen LogP contribution in [0.15, 0.2) is 35.0 Å². The molecule has 7 heteroatoms. The molecule has 0 aliphatic carbocycles. The molecule has 6 nitrogen and oxygen atoms in total. The minimum atomic E-state index is -0.419. The van der Waals surface area contributed by atoms with Crippen molar-refractivity contribution < 1.29 is 19.1 Å². The second-order valence-electron chi connectivity index (χ2n) is 4.66. The first kappa shape index (κ1) is 17.1. The summed E-state index contributed by atoms with van der Waals surface area (Å²) in [5, 5.41) is 2.56. The highest BCUT2D eigenvalue weighted by Gasteiger charge is 2.32. The lowest BCUT2D eigenvalue weighted by molar-refractivity contribution is -0.122. The van der Waals surface area contributed by atoms with Crippen molar-refractivity contribution >= 4 is 33.9 Å². The van der Waals surface area contributed by atoms with E-state index in [1.165, 1.54) is 7.11 Å². The van der Waals surface area contributed by atoms with Crippen LogP contribution < -0.4 is 14.8 Å². The van der Waals surface area contributed by atoms with Crippen LogP contribution >= 0.6 is 15.9 Å². The molecule has 1 aromatic rings. The monoisotopic (exact) mass is 380 g/mol. The number of hydrogen-bond acceptors (Lipinski definition) is 4. The van der Waals surface area contributed by atoms with Gasteiger partial charge in [-0.2, -0.15) is 0 Å². The summed E-state index contributed by atoms with van der Waals surface area (Å²) in [6.45, 7) is 6.01. The van der Waals surface area contributed by atoms with E-state index >= 15 is 0 Å². The molecular weight excluding hydrogens is 364 g/mol. The zero-order valence-corrected chi connectivity index (χ0v) is 14.5. The number of methoxy groups -OCH3 is 1. The van der Waals surface area contributed by atoms with Gasteiger partial charge in [0.1, 0.15) is 12.3 Å². The van der Waals surface area contributed by atoms with E-state index in [0.29, 0.717) is 34.7 Å². The zero-order chi connectivity index (χ0) is 17.0. The highest BCUT2D eigenvalue weighted by Crippen LogP contribution is 2.34. The van der Waals surface area contributed by atoms with Crippen molar-refractivity contribution in [1.29, 1.82) is 0 Å². The van der Waals surface area contributed by atoms with E-state index in [1.54, 1.807) is 31.2 Å². The molecule has 1 N–H and O–H groups in total. The third-order valence-corrected chi connectivity index (χ3v) is 3.90. The maximum absolute atomic E-state index is 12.1. The summed E-state index contributed by atoms with van der Waals surface area (Å²) in [7, 11) is 1.53. The number of benzene rings is 1. The second-order valence-corrected chi connectivity index (χ2v) is 5.52. The van der Waals surface area contributed by atoms with Crippen molar-refractivity contribution in [2.24, 2.45) is 0 Å². The predicted octanol–water partition coefficient (Wildman–Crippen LogP) is 2.94. The number of carbonyl (C=O) groups excluding carboxylic acids is 2. The van der Waals surface area contributed by atoms with E-state index in [4.69, 9.17) is 9.47 Å². The summed E-state index contributed by atoms with van der Waals surface area (Å²) in [6, 6.07) is 3.05. The van der Waals surface area contributed by atoms with Crippen molar-refractivity contribution in [1.82, 2.24) is 10.2 Å². The Balaban J connectivity index is 2.37. The molecule has 2 rings (SSSR count). The first-order valence-electron chi connectivity index (χ1n) is 6.97.